The number of rotatable bonds is 4. The van der Waals surface area contributed by atoms with Gasteiger partial charge >= 0.3 is 6.18 Å². The number of benzene rings is 1. The van der Waals surface area contributed by atoms with Gasteiger partial charge in [0.1, 0.15) is 0 Å². The van der Waals surface area contributed by atoms with Crippen LogP contribution in [0.4, 0.5) is 13.2 Å². The normalized spacial score (nSPS) is 21.2. The molecule has 0 saturated heterocycles. The zero-order valence-corrected chi connectivity index (χ0v) is 14.7. The zero-order chi connectivity index (χ0) is 18.1. The molecule has 0 amide bonds. The van der Waals surface area contributed by atoms with Gasteiger partial charge in [-0.15, -0.1) is 0 Å². The van der Waals surface area contributed by atoms with E-state index in [0.29, 0.717) is 22.6 Å². The topological polar surface area (TPSA) is 18.5 Å². The Morgan fingerprint density at radius 1 is 1.00 bits per heavy atom. The Morgan fingerprint density at radius 2 is 1.69 bits per heavy atom. The molecule has 1 aliphatic heterocycles. The maximum atomic E-state index is 13.4. The number of alkyl halides is 3. The van der Waals surface area contributed by atoms with Crippen molar-refractivity contribution >= 4 is 11.1 Å². The van der Waals surface area contributed by atoms with Crippen molar-refractivity contribution in [2.45, 2.75) is 57.5 Å². The summed E-state index contributed by atoms with van der Waals surface area (Å²) in [6.07, 6.45) is 8.45. The molecule has 0 atom stereocenters. The number of hydrogen-bond acceptors (Lipinski definition) is 2. The van der Waals surface area contributed by atoms with E-state index in [2.05, 4.69) is 0 Å². The number of fused-ring (bicyclic) bond motifs is 2. The Morgan fingerprint density at radius 3 is 2.38 bits per heavy atom. The van der Waals surface area contributed by atoms with Gasteiger partial charge in [-0.3, -0.25) is 0 Å². The predicted molar refractivity (Wildman–Crippen MR) is 95.0 cm³/mol. The summed E-state index contributed by atoms with van der Waals surface area (Å²) in [5, 5.41) is 0. The lowest BCUT2D eigenvalue weighted by atomic mass is 9.86. The van der Waals surface area contributed by atoms with Crippen LogP contribution < -0.4 is 9.47 Å². The quantitative estimate of drug-likeness (QED) is 0.567. The number of ether oxygens (including phenoxy) is 2. The smallest absolute Gasteiger partial charge is 0.417 e. The van der Waals surface area contributed by atoms with Gasteiger partial charge in [-0.1, -0.05) is 44.6 Å². The van der Waals surface area contributed by atoms with E-state index in [4.69, 9.17) is 9.47 Å². The molecule has 5 heteroatoms. The molecule has 2 nitrogen and oxygen atoms in total. The van der Waals surface area contributed by atoms with Crippen LogP contribution in [-0.4, -0.2) is 13.0 Å². The van der Waals surface area contributed by atoms with E-state index < -0.39 is 11.7 Å². The van der Waals surface area contributed by atoms with Gasteiger partial charge in [0, 0.05) is 0 Å². The van der Waals surface area contributed by atoms with Crippen LogP contribution in [0.3, 0.4) is 0 Å². The van der Waals surface area contributed by atoms with E-state index in [1.54, 1.807) is 6.07 Å². The van der Waals surface area contributed by atoms with Crippen molar-refractivity contribution < 1.29 is 22.6 Å². The molecule has 0 spiro atoms. The molecule has 0 unspecified atom stereocenters. The SMILES string of the molecule is FC(F)(F)C1=CC(=CCCCC2CCCCC2)c2cc3c(cc21)OCO3. The third-order valence-corrected chi connectivity index (χ3v) is 5.62. The molecule has 3 aliphatic rings. The highest BCUT2D eigenvalue weighted by molar-refractivity contribution is 5.98. The van der Waals surface area contributed by atoms with Crippen LogP contribution in [0.2, 0.25) is 0 Å². The first kappa shape index (κ1) is 17.5. The van der Waals surface area contributed by atoms with Crippen LogP contribution >= 0.6 is 0 Å². The van der Waals surface area contributed by atoms with Gasteiger partial charge < -0.3 is 9.47 Å². The van der Waals surface area contributed by atoms with Gasteiger partial charge in [-0.05, 0) is 53.7 Å². The number of hydrogen-bond donors (Lipinski definition) is 0. The fraction of sp³-hybridized carbons (Fsp3) is 0.524. The van der Waals surface area contributed by atoms with Crippen LogP contribution in [0.1, 0.15) is 62.5 Å². The maximum absolute atomic E-state index is 13.4. The van der Waals surface area contributed by atoms with Crippen LogP contribution in [-0.2, 0) is 0 Å². The molecule has 1 aromatic carbocycles. The molecule has 1 fully saturated rings. The molecule has 4 rings (SSSR count). The molecule has 140 valence electrons. The van der Waals surface area contributed by atoms with Gasteiger partial charge in [0.15, 0.2) is 11.5 Å². The van der Waals surface area contributed by atoms with Crippen molar-refractivity contribution in [1.82, 2.24) is 0 Å². The molecule has 2 aliphatic carbocycles. The molecular formula is C21H23F3O2. The highest BCUT2D eigenvalue weighted by Gasteiger charge is 2.40. The monoisotopic (exact) mass is 364 g/mol. The lowest BCUT2D eigenvalue weighted by Gasteiger charge is -2.20. The third kappa shape index (κ3) is 3.49. The van der Waals surface area contributed by atoms with Gasteiger partial charge in [0.25, 0.3) is 0 Å². The molecule has 1 aromatic rings. The zero-order valence-electron chi connectivity index (χ0n) is 14.7. The summed E-state index contributed by atoms with van der Waals surface area (Å²) in [6, 6.07) is 3.14. The summed E-state index contributed by atoms with van der Waals surface area (Å²) in [6.45, 7) is 0.0593. The van der Waals surface area contributed by atoms with E-state index in [9.17, 15) is 13.2 Å². The van der Waals surface area contributed by atoms with E-state index in [-0.39, 0.29) is 12.4 Å². The summed E-state index contributed by atoms with van der Waals surface area (Å²) >= 11 is 0. The highest BCUT2D eigenvalue weighted by atomic mass is 19.4. The summed E-state index contributed by atoms with van der Waals surface area (Å²) in [4.78, 5) is 0. The summed E-state index contributed by atoms with van der Waals surface area (Å²) < 4.78 is 50.9. The lowest BCUT2D eigenvalue weighted by molar-refractivity contribution is -0.0687. The van der Waals surface area contributed by atoms with Crippen molar-refractivity contribution in [2.24, 2.45) is 5.92 Å². The minimum absolute atomic E-state index is 0.0593. The lowest BCUT2D eigenvalue weighted by Crippen LogP contribution is -2.09. The first-order valence-electron chi connectivity index (χ1n) is 9.46. The molecule has 0 bridgehead atoms. The average Bonchev–Trinajstić information content (AvgIpc) is 3.21. The Bertz CT molecular complexity index is 740. The van der Waals surface area contributed by atoms with Gasteiger partial charge in [-0.25, -0.2) is 0 Å². The Balaban J connectivity index is 1.52. The summed E-state index contributed by atoms with van der Waals surface area (Å²) in [5.74, 6) is 1.71. The van der Waals surface area contributed by atoms with Gasteiger partial charge in [-0.2, -0.15) is 13.2 Å². The first-order valence-corrected chi connectivity index (χ1v) is 9.46. The standard InChI is InChI=1S/C21H23F3O2/c22-21(23,24)18-10-15(9-5-4-8-14-6-2-1-3-7-14)16-11-19-20(12-17(16)18)26-13-25-19/h9-12,14H,1-8,13H2. The Labute approximate surface area is 151 Å². The Hall–Kier alpha value is -1.91. The minimum atomic E-state index is -4.37. The summed E-state index contributed by atoms with van der Waals surface area (Å²) in [5.41, 5.74) is 0.845. The van der Waals surface area contributed by atoms with Crippen LogP contribution in [0, 0.1) is 5.92 Å². The first-order chi connectivity index (χ1) is 12.5. The fourth-order valence-corrected chi connectivity index (χ4v) is 4.26. The van der Waals surface area contributed by atoms with E-state index in [0.717, 1.165) is 18.8 Å². The molecule has 1 saturated carbocycles. The van der Waals surface area contributed by atoms with E-state index in [1.165, 1.54) is 50.7 Å². The number of halogens is 3. The van der Waals surface area contributed by atoms with Crippen molar-refractivity contribution in [2.75, 3.05) is 6.79 Å². The molecule has 26 heavy (non-hydrogen) atoms. The predicted octanol–water partition coefficient (Wildman–Crippen LogP) is 6.51. The second-order valence-corrected chi connectivity index (χ2v) is 7.40. The number of unbranched alkanes of at least 4 members (excludes halogenated alkanes) is 1. The Kier molecular flexibility index (Phi) is 4.72. The molecule has 0 N–H and O–H groups in total. The molecule has 1 heterocycles. The highest BCUT2D eigenvalue weighted by Crippen LogP contribution is 2.48. The number of allylic oxidation sites excluding steroid dienone is 4. The van der Waals surface area contributed by atoms with Gasteiger partial charge in [0.2, 0.25) is 6.79 Å². The largest absolute Gasteiger partial charge is 0.454 e. The van der Waals surface area contributed by atoms with Crippen LogP contribution in [0.25, 0.3) is 11.1 Å². The minimum Gasteiger partial charge on any atom is -0.454 e. The van der Waals surface area contributed by atoms with E-state index in [1.807, 2.05) is 6.08 Å². The van der Waals surface area contributed by atoms with Crippen molar-refractivity contribution in [1.29, 1.82) is 0 Å². The maximum Gasteiger partial charge on any atom is 0.417 e. The van der Waals surface area contributed by atoms with Crippen molar-refractivity contribution in [3.8, 4) is 11.5 Å². The van der Waals surface area contributed by atoms with Crippen molar-refractivity contribution in [3.63, 3.8) is 0 Å². The van der Waals surface area contributed by atoms with Crippen LogP contribution in [0.15, 0.2) is 24.3 Å². The van der Waals surface area contributed by atoms with Gasteiger partial charge in [0.05, 0.1) is 5.57 Å². The summed E-state index contributed by atoms with van der Waals surface area (Å²) in [7, 11) is 0. The molecular weight excluding hydrogens is 341 g/mol. The third-order valence-electron chi connectivity index (χ3n) is 5.62. The average molecular weight is 364 g/mol. The second kappa shape index (κ2) is 7.01. The molecule has 0 aromatic heterocycles. The second-order valence-electron chi connectivity index (χ2n) is 7.40. The van der Waals surface area contributed by atoms with Crippen molar-refractivity contribution in [3.05, 3.63) is 35.4 Å². The molecule has 0 radical (unpaired) electrons. The fourth-order valence-electron chi connectivity index (χ4n) is 4.26. The van der Waals surface area contributed by atoms with E-state index >= 15 is 0 Å². The van der Waals surface area contributed by atoms with Crippen LogP contribution in [0.5, 0.6) is 11.5 Å².